The largest absolute Gasteiger partial charge is 0.314 e. The summed E-state index contributed by atoms with van der Waals surface area (Å²) >= 11 is 0. The van der Waals surface area contributed by atoms with E-state index in [9.17, 15) is 8.78 Å². The lowest BCUT2D eigenvalue weighted by Crippen LogP contribution is -2.36. The highest BCUT2D eigenvalue weighted by Gasteiger charge is 2.24. The molecule has 1 aliphatic carbocycles. The SMILES string of the molecule is CCCNC(CCc1cc(F)ccc1F)C1CCCC1. The third-order valence-corrected chi connectivity index (χ3v) is 4.36. The summed E-state index contributed by atoms with van der Waals surface area (Å²) in [5, 5.41) is 3.60. The highest BCUT2D eigenvalue weighted by molar-refractivity contribution is 5.19. The molecule has 20 heavy (non-hydrogen) atoms. The van der Waals surface area contributed by atoms with E-state index in [-0.39, 0.29) is 11.6 Å². The van der Waals surface area contributed by atoms with Gasteiger partial charge in [0.15, 0.2) is 0 Å². The van der Waals surface area contributed by atoms with Crippen LogP contribution in [0.5, 0.6) is 0 Å². The standard InChI is InChI=1S/C17H25F2N/c1-2-11-20-17(13-5-3-4-6-13)10-7-14-12-15(18)8-9-16(14)19/h8-9,12-13,17,20H,2-7,10-11H2,1H3. The first-order valence-electron chi connectivity index (χ1n) is 7.88. The second-order valence-corrected chi connectivity index (χ2v) is 5.88. The Balaban J connectivity index is 1.94. The molecule has 1 atom stereocenters. The van der Waals surface area contributed by atoms with Crippen molar-refractivity contribution in [3.63, 3.8) is 0 Å². The normalized spacial score (nSPS) is 17.6. The van der Waals surface area contributed by atoms with Gasteiger partial charge in [0.05, 0.1) is 0 Å². The van der Waals surface area contributed by atoms with Crippen LogP contribution in [0.15, 0.2) is 18.2 Å². The van der Waals surface area contributed by atoms with E-state index in [1.54, 1.807) is 0 Å². The van der Waals surface area contributed by atoms with Crippen LogP contribution in [0.25, 0.3) is 0 Å². The zero-order chi connectivity index (χ0) is 14.4. The Bertz CT molecular complexity index is 413. The van der Waals surface area contributed by atoms with Gasteiger partial charge in [0.2, 0.25) is 0 Å². The molecule has 0 aliphatic heterocycles. The fourth-order valence-electron chi connectivity index (χ4n) is 3.24. The lowest BCUT2D eigenvalue weighted by molar-refractivity contribution is 0.339. The molecule has 3 heteroatoms. The number of nitrogens with one attached hydrogen (secondary N) is 1. The maximum Gasteiger partial charge on any atom is 0.126 e. The molecule has 0 aromatic heterocycles. The molecular formula is C17H25F2N. The van der Waals surface area contributed by atoms with Crippen LogP contribution >= 0.6 is 0 Å². The van der Waals surface area contributed by atoms with Crippen LogP contribution in [0.2, 0.25) is 0 Å². The second-order valence-electron chi connectivity index (χ2n) is 5.88. The Labute approximate surface area is 120 Å². The minimum atomic E-state index is -0.347. The quantitative estimate of drug-likeness (QED) is 0.778. The third kappa shape index (κ3) is 4.27. The van der Waals surface area contributed by atoms with Crippen molar-refractivity contribution in [3.8, 4) is 0 Å². The molecule has 1 N–H and O–H groups in total. The lowest BCUT2D eigenvalue weighted by atomic mass is 9.92. The van der Waals surface area contributed by atoms with Gasteiger partial charge in [-0.1, -0.05) is 19.8 Å². The number of rotatable bonds is 7. The van der Waals surface area contributed by atoms with Crippen LogP contribution < -0.4 is 5.32 Å². The molecule has 1 fully saturated rings. The molecule has 1 unspecified atom stereocenters. The van der Waals surface area contributed by atoms with E-state index in [0.29, 0.717) is 23.9 Å². The molecule has 1 aromatic rings. The van der Waals surface area contributed by atoms with E-state index in [2.05, 4.69) is 12.2 Å². The van der Waals surface area contributed by atoms with Crippen LogP contribution in [0, 0.1) is 17.6 Å². The van der Waals surface area contributed by atoms with Crippen molar-refractivity contribution in [2.24, 2.45) is 5.92 Å². The predicted octanol–water partition coefficient (Wildman–Crippen LogP) is 4.46. The van der Waals surface area contributed by atoms with Gasteiger partial charge in [-0.3, -0.25) is 0 Å². The van der Waals surface area contributed by atoms with E-state index < -0.39 is 0 Å². The summed E-state index contributed by atoms with van der Waals surface area (Å²) in [6.07, 6.45) is 7.77. The first-order chi connectivity index (χ1) is 9.70. The fraction of sp³-hybridized carbons (Fsp3) is 0.647. The van der Waals surface area contributed by atoms with Gasteiger partial charge < -0.3 is 5.32 Å². The van der Waals surface area contributed by atoms with Gasteiger partial charge in [0.25, 0.3) is 0 Å². The molecule has 0 bridgehead atoms. The average Bonchev–Trinajstić information content (AvgIpc) is 2.96. The highest BCUT2D eigenvalue weighted by atomic mass is 19.1. The van der Waals surface area contributed by atoms with Crippen LogP contribution in [-0.4, -0.2) is 12.6 Å². The smallest absolute Gasteiger partial charge is 0.126 e. The molecule has 0 radical (unpaired) electrons. The van der Waals surface area contributed by atoms with Crippen LogP contribution in [0.1, 0.15) is 51.0 Å². The van der Waals surface area contributed by atoms with Gasteiger partial charge in [-0.2, -0.15) is 0 Å². The van der Waals surface area contributed by atoms with Crippen LogP contribution in [0.3, 0.4) is 0 Å². The van der Waals surface area contributed by atoms with Gasteiger partial charge in [0, 0.05) is 6.04 Å². The van der Waals surface area contributed by atoms with E-state index in [1.165, 1.54) is 43.9 Å². The Morgan fingerprint density at radius 1 is 1.25 bits per heavy atom. The molecule has 1 saturated carbocycles. The van der Waals surface area contributed by atoms with Gasteiger partial charge >= 0.3 is 0 Å². The van der Waals surface area contributed by atoms with E-state index >= 15 is 0 Å². The van der Waals surface area contributed by atoms with E-state index in [4.69, 9.17) is 0 Å². The minimum absolute atomic E-state index is 0.285. The summed E-state index contributed by atoms with van der Waals surface area (Å²) in [5.74, 6) is 0.0746. The molecule has 0 amide bonds. The van der Waals surface area contributed by atoms with Crippen LogP contribution in [-0.2, 0) is 6.42 Å². The molecule has 1 nitrogen and oxygen atoms in total. The van der Waals surface area contributed by atoms with Crippen molar-refractivity contribution in [2.45, 2.75) is 57.9 Å². The summed E-state index contributed by atoms with van der Waals surface area (Å²) in [6.45, 7) is 3.16. The summed E-state index contributed by atoms with van der Waals surface area (Å²) in [4.78, 5) is 0. The van der Waals surface area contributed by atoms with E-state index in [0.717, 1.165) is 19.4 Å². The summed E-state index contributed by atoms with van der Waals surface area (Å²) in [5.41, 5.74) is 0.506. The number of halogens is 2. The number of aryl methyl sites for hydroxylation is 1. The monoisotopic (exact) mass is 281 g/mol. The summed E-state index contributed by atoms with van der Waals surface area (Å²) in [7, 11) is 0. The van der Waals surface area contributed by atoms with Gasteiger partial charge in [-0.15, -0.1) is 0 Å². The maximum atomic E-state index is 13.7. The molecule has 0 heterocycles. The molecule has 2 rings (SSSR count). The molecular weight excluding hydrogens is 256 g/mol. The third-order valence-electron chi connectivity index (χ3n) is 4.36. The fourth-order valence-corrected chi connectivity index (χ4v) is 3.24. The number of hydrogen-bond donors (Lipinski definition) is 1. The zero-order valence-electron chi connectivity index (χ0n) is 12.3. The Hall–Kier alpha value is -0.960. The Kier molecular flexibility index (Phi) is 5.96. The predicted molar refractivity (Wildman–Crippen MR) is 78.7 cm³/mol. The summed E-state index contributed by atoms with van der Waals surface area (Å²) in [6, 6.07) is 4.19. The maximum absolute atomic E-state index is 13.7. The molecule has 0 saturated heterocycles. The van der Waals surface area contributed by atoms with Gasteiger partial charge in [0.1, 0.15) is 11.6 Å². The molecule has 1 aliphatic rings. The molecule has 112 valence electrons. The van der Waals surface area contributed by atoms with E-state index in [1.807, 2.05) is 0 Å². The summed E-state index contributed by atoms with van der Waals surface area (Å²) < 4.78 is 26.9. The lowest BCUT2D eigenvalue weighted by Gasteiger charge is -2.25. The van der Waals surface area contributed by atoms with Gasteiger partial charge in [-0.25, -0.2) is 8.78 Å². The average molecular weight is 281 g/mol. The Morgan fingerprint density at radius 3 is 2.70 bits per heavy atom. The van der Waals surface area contributed by atoms with Crippen molar-refractivity contribution >= 4 is 0 Å². The second kappa shape index (κ2) is 7.72. The van der Waals surface area contributed by atoms with Crippen molar-refractivity contribution in [3.05, 3.63) is 35.4 Å². The van der Waals surface area contributed by atoms with Crippen LogP contribution in [0.4, 0.5) is 8.78 Å². The first kappa shape index (κ1) is 15.4. The Morgan fingerprint density at radius 2 is 2.00 bits per heavy atom. The molecule has 0 spiro atoms. The minimum Gasteiger partial charge on any atom is -0.314 e. The molecule has 1 aromatic carbocycles. The van der Waals surface area contributed by atoms with Crippen molar-refractivity contribution < 1.29 is 8.78 Å². The first-order valence-corrected chi connectivity index (χ1v) is 7.88. The zero-order valence-corrected chi connectivity index (χ0v) is 12.3. The van der Waals surface area contributed by atoms with Crippen molar-refractivity contribution in [2.75, 3.05) is 6.54 Å². The number of hydrogen-bond acceptors (Lipinski definition) is 1. The number of benzene rings is 1. The van der Waals surface area contributed by atoms with Gasteiger partial charge in [-0.05, 0) is 68.3 Å². The van der Waals surface area contributed by atoms with Crippen molar-refractivity contribution in [1.82, 2.24) is 5.32 Å². The topological polar surface area (TPSA) is 12.0 Å². The highest BCUT2D eigenvalue weighted by Crippen LogP contribution is 2.30. The van der Waals surface area contributed by atoms with Crippen molar-refractivity contribution in [1.29, 1.82) is 0 Å².